The molecule has 0 aromatic rings. The van der Waals surface area contributed by atoms with Crippen LogP contribution in [0.3, 0.4) is 0 Å². The highest BCUT2D eigenvalue weighted by molar-refractivity contribution is 5.77. The molecule has 0 spiro atoms. The van der Waals surface area contributed by atoms with Crippen LogP contribution < -0.4 is 16.7 Å². The Bertz CT molecular complexity index is 276. The molecule has 0 amide bonds. The van der Waals surface area contributed by atoms with Crippen LogP contribution in [0.2, 0.25) is 0 Å². The fourth-order valence-electron chi connectivity index (χ4n) is 0.692. The minimum absolute atomic E-state index is 0.561. The highest BCUT2D eigenvalue weighted by Gasteiger charge is 2.04. The minimum Gasteiger partial charge on any atom is -0.398 e. The van der Waals surface area contributed by atoms with Crippen molar-refractivity contribution in [2.75, 3.05) is 0 Å². The van der Waals surface area contributed by atoms with Crippen molar-refractivity contribution < 1.29 is 0 Å². The number of hydrazine groups is 2. The molecule has 5 nitrogen and oxygen atoms in total. The number of rotatable bonds is 3. The summed E-state index contributed by atoms with van der Waals surface area (Å²) in [6, 6.07) is 0. The fourth-order valence-corrected chi connectivity index (χ4v) is 0.692. The second-order valence-electron chi connectivity index (χ2n) is 2.40. The molecule has 0 bridgehead atoms. The highest BCUT2D eigenvalue weighted by atomic mass is 15.7. The molecule has 0 saturated carbocycles. The summed E-state index contributed by atoms with van der Waals surface area (Å²) < 4.78 is 0. The van der Waals surface area contributed by atoms with E-state index in [4.69, 9.17) is 5.73 Å². The average Bonchev–Trinajstić information content (AvgIpc) is 2.66. The van der Waals surface area contributed by atoms with Gasteiger partial charge in [-0.2, -0.15) is 0 Å². The number of hydrogen-bond acceptors (Lipinski definition) is 5. The normalized spacial score (nSPS) is 16.7. The molecule has 13 heavy (non-hydrogen) atoms. The molecule has 0 unspecified atom stereocenters. The predicted molar refractivity (Wildman–Crippen MR) is 52.8 cm³/mol. The fraction of sp³-hybridized carbons (Fsp3) is 0.125. The van der Waals surface area contributed by atoms with Gasteiger partial charge in [0, 0.05) is 18.1 Å². The van der Waals surface area contributed by atoms with Gasteiger partial charge in [-0.05, 0) is 6.92 Å². The van der Waals surface area contributed by atoms with Gasteiger partial charge in [-0.15, -0.1) is 5.53 Å². The van der Waals surface area contributed by atoms with Crippen molar-refractivity contribution in [2.24, 2.45) is 10.7 Å². The lowest BCUT2D eigenvalue weighted by Gasteiger charge is -2.13. The van der Waals surface area contributed by atoms with E-state index in [0.717, 1.165) is 0 Å². The van der Waals surface area contributed by atoms with Crippen LogP contribution in [0.25, 0.3) is 0 Å². The Labute approximate surface area is 77.3 Å². The quantitative estimate of drug-likeness (QED) is 0.541. The van der Waals surface area contributed by atoms with E-state index in [0.29, 0.717) is 11.5 Å². The van der Waals surface area contributed by atoms with Crippen LogP contribution in [-0.2, 0) is 0 Å². The van der Waals surface area contributed by atoms with E-state index in [1.165, 1.54) is 0 Å². The van der Waals surface area contributed by atoms with Crippen molar-refractivity contribution in [3.63, 3.8) is 0 Å². The SMILES string of the molecule is C=C(/N=C\C(N)=C/C)N1C=CNN1. The van der Waals surface area contributed by atoms with Crippen LogP contribution in [-0.4, -0.2) is 11.2 Å². The van der Waals surface area contributed by atoms with Gasteiger partial charge in [0.05, 0.1) is 6.21 Å². The Morgan fingerprint density at radius 2 is 2.46 bits per heavy atom. The molecule has 70 valence electrons. The molecular weight excluding hydrogens is 166 g/mol. The standard InChI is InChI=1S/C8H13N5/c1-3-8(9)6-10-7(2)13-5-4-11-12-13/h3-6,11-12H,2,9H2,1H3/b8-3+,10-6-. The zero-order valence-corrected chi connectivity index (χ0v) is 7.49. The predicted octanol–water partition coefficient (Wildman–Crippen LogP) is 0.187. The molecule has 0 aromatic heterocycles. The van der Waals surface area contributed by atoms with Gasteiger partial charge in [-0.1, -0.05) is 12.7 Å². The van der Waals surface area contributed by atoms with Crippen LogP contribution in [0.5, 0.6) is 0 Å². The van der Waals surface area contributed by atoms with Gasteiger partial charge < -0.3 is 11.2 Å². The number of allylic oxidation sites excluding steroid dienone is 2. The summed E-state index contributed by atoms with van der Waals surface area (Å²) in [5.41, 5.74) is 11.7. The van der Waals surface area contributed by atoms with Gasteiger partial charge in [0.15, 0.2) is 0 Å². The molecule has 5 heteroatoms. The summed E-state index contributed by atoms with van der Waals surface area (Å²) >= 11 is 0. The van der Waals surface area contributed by atoms with Crippen LogP contribution in [0, 0.1) is 0 Å². The van der Waals surface area contributed by atoms with E-state index in [1.54, 1.807) is 29.7 Å². The van der Waals surface area contributed by atoms with Crippen molar-refractivity contribution >= 4 is 6.21 Å². The van der Waals surface area contributed by atoms with E-state index < -0.39 is 0 Å². The first-order valence-corrected chi connectivity index (χ1v) is 3.86. The van der Waals surface area contributed by atoms with Gasteiger partial charge in [-0.3, -0.25) is 0 Å². The molecule has 0 radical (unpaired) electrons. The largest absolute Gasteiger partial charge is 0.398 e. The molecule has 1 aliphatic heterocycles. The van der Waals surface area contributed by atoms with Crippen LogP contribution in [0.15, 0.2) is 41.6 Å². The summed E-state index contributed by atoms with van der Waals surface area (Å²) in [6.07, 6.45) is 6.82. The lowest BCUT2D eigenvalue weighted by Crippen LogP contribution is -2.34. The van der Waals surface area contributed by atoms with Crippen molar-refractivity contribution in [2.45, 2.75) is 6.92 Å². The van der Waals surface area contributed by atoms with Crippen LogP contribution in [0.1, 0.15) is 6.92 Å². The zero-order valence-electron chi connectivity index (χ0n) is 7.49. The third kappa shape index (κ3) is 2.64. The summed E-state index contributed by atoms with van der Waals surface area (Å²) in [4.78, 5) is 4.04. The molecular formula is C8H13N5. The van der Waals surface area contributed by atoms with Crippen molar-refractivity contribution in [3.05, 3.63) is 36.6 Å². The first-order valence-electron chi connectivity index (χ1n) is 3.86. The van der Waals surface area contributed by atoms with Crippen LogP contribution in [0.4, 0.5) is 0 Å². The van der Waals surface area contributed by atoms with E-state index in [1.807, 2.05) is 6.92 Å². The lowest BCUT2D eigenvalue weighted by molar-refractivity contribution is 0.336. The monoisotopic (exact) mass is 179 g/mol. The molecule has 0 fully saturated rings. The number of nitrogens with one attached hydrogen (secondary N) is 2. The first kappa shape index (κ1) is 9.34. The van der Waals surface area contributed by atoms with Gasteiger partial charge in [0.25, 0.3) is 0 Å². The first-order chi connectivity index (χ1) is 6.24. The molecule has 1 aliphatic rings. The van der Waals surface area contributed by atoms with Gasteiger partial charge in [0.1, 0.15) is 5.82 Å². The zero-order chi connectivity index (χ0) is 9.68. The number of aliphatic imine (C=N–C) groups is 1. The van der Waals surface area contributed by atoms with Gasteiger partial charge in [-0.25, -0.2) is 10.0 Å². The maximum Gasteiger partial charge on any atom is 0.141 e. The molecule has 1 rings (SSSR count). The van der Waals surface area contributed by atoms with Gasteiger partial charge in [0.2, 0.25) is 0 Å². The molecule has 0 aliphatic carbocycles. The van der Waals surface area contributed by atoms with Crippen molar-refractivity contribution in [3.8, 4) is 0 Å². The molecule has 4 N–H and O–H groups in total. The topological polar surface area (TPSA) is 65.7 Å². The third-order valence-electron chi connectivity index (χ3n) is 1.47. The summed E-state index contributed by atoms with van der Waals surface area (Å²) in [6.45, 7) is 5.58. The van der Waals surface area contributed by atoms with E-state index >= 15 is 0 Å². The van der Waals surface area contributed by atoms with E-state index in [9.17, 15) is 0 Å². The van der Waals surface area contributed by atoms with E-state index in [2.05, 4.69) is 22.5 Å². The second kappa shape index (κ2) is 4.32. The highest BCUT2D eigenvalue weighted by Crippen LogP contribution is 2.01. The number of hydrogen-bond donors (Lipinski definition) is 3. The molecule has 0 aromatic carbocycles. The van der Waals surface area contributed by atoms with Crippen molar-refractivity contribution in [1.82, 2.24) is 16.0 Å². The summed E-state index contributed by atoms with van der Waals surface area (Å²) in [7, 11) is 0. The van der Waals surface area contributed by atoms with E-state index in [-0.39, 0.29) is 0 Å². The molecule has 1 heterocycles. The summed E-state index contributed by atoms with van der Waals surface area (Å²) in [5.74, 6) is 0.561. The van der Waals surface area contributed by atoms with Crippen LogP contribution >= 0.6 is 0 Å². The molecule has 0 saturated heterocycles. The maximum atomic E-state index is 5.52. The Kier molecular flexibility index (Phi) is 3.10. The maximum absolute atomic E-state index is 5.52. The summed E-state index contributed by atoms with van der Waals surface area (Å²) in [5, 5.41) is 1.64. The minimum atomic E-state index is 0.561. The number of nitrogens with two attached hydrogens (primary N) is 1. The Hall–Kier alpha value is -1.75. The van der Waals surface area contributed by atoms with Gasteiger partial charge >= 0.3 is 0 Å². The second-order valence-corrected chi connectivity index (χ2v) is 2.40. The number of nitrogens with zero attached hydrogens (tertiary/aromatic N) is 2. The average molecular weight is 179 g/mol. The van der Waals surface area contributed by atoms with Crippen molar-refractivity contribution in [1.29, 1.82) is 0 Å². The Morgan fingerprint density at radius 3 is 3.00 bits per heavy atom. The smallest absolute Gasteiger partial charge is 0.141 e. The lowest BCUT2D eigenvalue weighted by atomic mass is 10.4. The Balaban J connectivity index is 2.49. The molecule has 0 atom stereocenters. The Morgan fingerprint density at radius 1 is 1.69 bits per heavy atom. The third-order valence-corrected chi connectivity index (χ3v) is 1.47.